The molecule has 0 bridgehead atoms. The van der Waals surface area contributed by atoms with Crippen LogP contribution in [0.5, 0.6) is 0 Å². The average molecular weight is 399 g/mol. The number of carbonyl (C=O) groups excluding carboxylic acids is 1. The molecule has 1 amide bonds. The summed E-state index contributed by atoms with van der Waals surface area (Å²) in [5.74, 6) is 1.61. The van der Waals surface area contributed by atoms with Crippen LogP contribution < -0.4 is 10.2 Å². The van der Waals surface area contributed by atoms with Crippen LogP contribution in [0.1, 0.15) is 43.9 Å². The third-order valence-corrected chi connectivity index (χ3v) is 5.63. The van der Waals surface area contributed by atoms with Crippen LogP contribution in [-0.2, 0) is 33.0 Å². The molecule has 8 nitrogen and oxygen atoms in total. The van der Waals surface area contributed by atoms with Gasteiger partial charge in [-0.2, -0.15) is 0 Å². The van der Waals surface area contributed by atoms with Crippen LogP contribution in [0.2, 0.25) is 0 Å². The number of morpholine rings is 1. The zero-order valence-electron chi connectivity index (χ0n) is 17.4. The Morgan fingerprint density at radius 1 is 1.17 bits per heavy atom. The standard InChI is InChI=1S/C21H29N5O3/c1-15(2)19-24-23-18-13-29-14-21(3,26(18)19)20(27)22-12-16-4-6-17(7-5-16)25-8-10-28-11-9-25/h4-7,15H,8-14H2,1-3H3,(H,22,27). The lowest BCUT2D eigenvalue weighted by Crippen LogP contribution is -2.53. The van der Waals surface area contributed by atoms with Gasteiger partial charge in [-0.3, -0.25) is 9.36 Å². The summed E-state index contributed by atoms with van der Waals surface area (Å²) in [6, 6.07) is 8.34. The van der Waals surface area contributed by atoms with E-state index in [1.165, 1.54) is 5.69 Å². The largest absolute Gasteiger partial charge is 0.378 e. The molecule has 2 aromatic rings. The van der Waals surface area contributed by atoms with E-state index in [0.29, 0.717) is 25.6 Å². The fraction of sp³-hybridized carbons (Fsp3) is 0.571. The molecule has 156 valence electrons. The Kier molecular flexibility index (Phi) is 5.56. The molecular weight excluding hydrogens is 370 g/mol. The molecular formula is C21H29N5O3. The molecule has 1 aromatic carbocycles. The molecule has 0 radical (unpaired) electrons. The maximum absolute atomic E-state index is 13.2. The molecule has 1 fully saturated rings. The number of rotatable bonds is 5. The maximum atomic E-state index is 13.2. The van der Waals surface area contributed by atoms with Crippen molar-refractivity contribution >= 4 is 11.6 Å². The van der Waals surface area contributed by atoms with E-state index in [4.69, 9.17) is 9.47 Å². The van der Waals surface area contributed by atoms with Gasteiger partial charge in [0.25, 0.3) is 0 Å². The number of carbonyl (C=O) groups is 1. The van der Waals surface area contributed by atoms with E-state index in [9.17, 15) is 4.79 Å². The first-order valence-electron chi connectivity index (χ1n) is 10.2. The molecule has 1 aromatic heterocycles. The lowest BCUT2D eigenvalue weighted by atomic mass is 9.98. The van der Waals surface area contributed by atoms with Gasteiger partial charge in [0, 0.05) is 31.2 Å². The highest BCUT2D eigenvalue weighted by molar-refractivity contribution is 5.84. The highest BCUT2D eigenvalue weighted by atomic mass is 16.5. The minimum atomic E-state index is -0.857. The van der Waals surface area contributed by atoms with Gasteiger partial charge in [-0.1, -0.05) is 26.0 Å². The highest BCUT2D eigenvalue weighted by Gasteiger charge is 2.42. The second-order valence-corrected chi connectivity index (χ2v) is 8.18. The minimum absolute atomic E-state index is 0.0857. The number of nitrogens with zero attached hydrogens (tertiary/aromatic N) is 4. The van der Waals surface area contributed by atoms with Crippen molar-refractivity contribution < 1.29 is 14.3 Å². The number of benzene rings is 1. The van der Waals surface area contributed by atoms with E-state index in [0.717, 1.165) is 37.7 Å². The molecule has 1 atom stereocenters. The Hall–Kier alpha value is -2.45. The van der Waals surface area contributed by atoms with Crippen molar-refractivity contribution in [3.63, 3.8) is 0 Å². The van der Waals surface area contributed by atoms with Crippen molar-refractivity contribution in [2.75, 3.05) is 37.8 Å². The lowest BCUT2D eigenvalue weighted by molar-refractivity contribution is -0.135. The topological polar surface area (TPSA) is 81.5 Å². The molecule has 0 spiro atoms. The number of hydrogen-bond acceptors (Lipinski definition) is 6. The summed E-state index contributed by atoms with van der Waals surface area (Å²) in [4.78, 5) is 15.5. The first-order chi connectivity index (χ1) is 14.0. The van der Waals surface area contributed by atoms with Gasteiger partial charge in [0.05, 0.1) is 19.8 Å². The van der Waals surface area contributed by atoms with Crippen LogP contribution >= 0.6 is 0 Å². The molecule has 1 unspecified atom stereocenters. The molecule has 8 heteroatoms. The second-order valence-electron chi connectivity index (χ2n) is 8.18. The average Bonchev–Trinajstić information content (AvgIpc) is 3.19. The first kappa shape index (κ1) is 19.8. The summed E-state index contributed by atoms with van der Waals surface area (Å²) in [6.45, 7) is 10.5. The molecule has 3 heterocycles. The van der Waals surface area contributed by atoms with E-state index in [-0.39, 0.29) is 11.8 Å². The van der Waals surface area contributed by atoms with Gasteiger partial charge in [-0.25, -0.2) is 0 Å². The van der Waals surface area contributed by atoms with E-state index in [1.54, 1.807) is 0 Å². The number of ether oxygens (including phenoxy) is 2. The minimum Gasteiger partial charge on any atom is -0.378 e. The predicted molar refractivity (Wildman–Crippen MR) is 109 cm³/mol. The summed E-state index contributed by atoms with van der Waals surface area (Å²) in [7, 11) is 0. The van der Waals surface area contributed by atoms with E-state index in [2.05, 4.69) is 58.5 Å². The van der Waals surface area contributed by atoms with Gasteiger partial charge < -0.3 is 19.7 Å². The number of hydrogen-bond donors (Lipinski definition) is 1. The van der Waals surface area contributed by atoms with Crippen molar-refractivity contribution in [2.45, 2.75) is 45.4 Å². The fourth-order valence-corrected chi connectivity index (χ4v) is 3.93. The Bertz CT molecular complexity index is 858. The van der Waals surface area contributed by atoms with Crippen molar-refractivity contribution in [3.8, 4) is 0 Å². The third kappa shape index (κ3) is 3.86. The summed E-state index contributed by atoms with van der Waals surface area (Å²) in [5, 5.41) is 11.6. The van der Waals surface area contributed by atoms with Gasteiger partial charge in [-0.15, -0.1) is 10.2 Å². The van der Waals surface area contributed by atoms with E-state index in [1.807, 2.05) is 11.5 Å². The monoisotopic (exact) mass is 399 g/mol. The Morgan fingerprint density at radius 3 is 2.59 bits per heavy atom. The van der Waals surface area contributed by atoms with Crippen molar-refractivity contribution in [3.05, 3.63) is 41.5 Å². The van der Waals surface area contributed by atoms with Gasteiger partial charge in [0.2, 0.25) is 5.91 Å². The molecule has 0 saturated carbocycles. The molecule has 2 aliphatic heterocycles. The Labute approximate surface area is 171 Å². The smallest absolute Gasteiger partial charge is 0.248 e. The summed E-state index contributed by atoms with van der Waals surface area (Å²) >= 11 is 0. The molecule has 4 rings (SSSR count). The summed E-state index contributed by atoms with van der Waals surface area (Å²) in [5.41, 5.74) is 1.39. The fourth-order valence-electron chi connectivity index (χ4n) is 3.93. The maximum Gasteiger partial charge on any atom is 0.248 e. The van der Waals surface area contributed by atoms with Crippen LogP contribution in [0.4, 0.5) is 5.69 Å². The molecule has 0 aliphatic carbocycles. The summed E-state index contributed by atoms with van der Waals surface area (Å²) < 4.78 is 13.0. The van der Waals surface area contributed by atoms with E-state index < -0.39 is 5.54 Å². The number of nitrogens with one attached hydrogen (secondary N) is 1. The lowest BCUT2D eigenvalue weighted by Gasteiger charge is -2.35. The predicted octanol–water partition coefficient (Wildman–Crippen LogP) is 1.80. The number of fused-ring (bicyclic) bond motifs is 1. The first-order valence-corrected chi connectivity index (χ1v) is 10.2. The SMILES string of the molecule is CC(C)c1nnc2n1C(C)(C(=O)NCc1ccc(N3CCOCC3)cc1)COC2. The second kappa shape index (κ2) is 8.12. The zero-order chi connectivity index (χ0) is 20.4. The number of amides is 1. The van der Waals surface area contributed by atoms with Gasteiger partial charge in [-0.05, 0) is 24.6 Å². The highest BCUT2D eigenvalue weighted by Crippen LogP contribution is 2.29. The molecule has 1 saturated heterocycles. The van der Waals surface area contributed by atoms with Crippen LogP contribution in [0.15, 0.2) is 24.3 Å². The van der Waals surface area contributed by atoms with Crippen LogP contribution in [-0.4, -0.2) is 53.6 Å². The molecule has 29 heavy (non-hydrogen) atoms. The molecule has 1 N–H and O–H groups in total. The van der Waals surface area contributed by atoms with Crippen molar-refractivity contribution in [1.82, 2.24) is 20.1 Å². The Morgan fingerprint density at radius 2 is 1.90 bits per heavy atom. The normalized spacial score (nSPS) is 21.9. The zero-order valence-corrected chi connectivity index (χ0v) is 17.4. The quantitative estimate of drug-likeness (QED) is 0.826. The van der Waals surface area contributed by atoms with Gasteiger partial charge in [0.1, 0.15) is 18.0 Å². The van der Waals surface area contributed by atoms with Crippen LogP contribution in [0.3, 0.4) is 0 Å². The number of anilines is 1. The summed E-state index contributed by atoms with van der Waals surface area (Å²) in [6.07, 6.45) is 0. The van der Waals surface area contributed by atoms with Gasteiger partial charge >= 0.3 is 0 Å². The van der Waals surface area contributed by atoms with E-state index >= 15 is 0 Å². The Balaban J connectivity index is 1.44. The number of aromatic nitrogens is 3. The van der Waals surface area contributed by atoms with Crippen molar-refractivity contribution in [2.24, 2.45) is 0 Å². The third-order valence-electron chi connectivity index (χ3n) is 5.63. The van der Waals surface area contributed by atoms with Crippen molar-refractivity contribution in [1.29, 1.82) is 0 Å². The van der Waals surface area contributed by atoms with Gasteiger partial charge in [0.15, 0.2) is 5.82 Å². The van der Waals surface area contributed by atoms with Crippen LogP contribution in [0, 0.1) is 0 Å². The molecule has 2 aliphatic rings. The van der Waals surface area contributed by atoms with Crippen LogP contribution in [0.25, 0.3) is 0 Å².